The van der Waals surface area contributed by atoms with Gasteiger partial charge in [0.15, 0.2) is 11.5 Å². The van der Waals surface area contributed by atoms with Crippen LogP contribution in [-0.4, -0.2) is 32.6 Å². The van der Waals surface area contributed by atoms with Gasteiger partial charge in [-0.15, -0.1) is 0 Å². The van der Waals surface area contributed by atoms with Gasteiger partial charge in [-0.2, -0.15) is 12.7 Å². The molecule has 7 heteroatoms. The van der Waals surface area contributed by atoms with Gasteiger partial charge < -0.3 is 9.47 Å². The molecule has 3 rings (SSSR count). The Morgan fingerprint density at radius 2 is 1.59 bits per heavy atom. The van der Waals surface area contributed by atoms with Crippen LogP contribution in [0, 0.1) is 0 Å². The zero-order chi connectivity index (χ0) is 19.3. The monoisotopic (exact) mass is 390 g/mol. The second kappa shape index (κ2) is 8.63. The third-order valence-corrected chi connectivity index (χ3v) is 6.27. The summed E-state index contributed by atoms with van der Waals surface area (Å²) in [6, 6.07) is 14.8. The van der Waals surface area contributed by atoms with E-state index < -0.39 is 10.2 Å². The lowest BCUT2D eigenvalue weighted by molar-refractivity contribution is 0.174. The van der Waals surface area contributed by atoms with Gasteiger partial charge in [-0.3, -0.25) is 4.31 Å². The van der Waals surface area contributed by atoms with Gasteiger partial charge in [0, 0.05) is 13.1 Å². The van der Waals surface area contributed by atoms with Crippen LogP contribution in [0.1, 0.15) is 32.3 Å². The van der Waals surface area contributed by atoms with Crippen LogP contribution in [0.2, 0.25) is 0 Å². The number of hydrogen-bond acceptors (Lipinski definition) is 4. The summed E-state index contributed by atoms with van der Waals surface area (Å²) in [7, 11) is -3.66. The zero-order valence-corrected chi connectivity index (χ0v) is 16.6. The summed E-state index contributed by atoms with van der Waals surface area (Å²) in [6.07, 6.45) is 1.54. The van der Waals surface area contributed by atoms with Crippen LogP contribution in [0.25, 0.3) is 0 Å². The standard InChI is InChI=1S/C20H26N2O4S/c1-3-12-21(13-4-2)27(23,24)22(18-8-6-5-7-9-18)15-17-10-11-19-20(14-17)26-16-25-19/h5-11,14H,3-4,12-13,15-16H2,1-2H3. The molecule has 1 aliphatic heterocycles. The normalized spacial score (nSPS) is 13.1. The van der Waals surface area contributed by atoms with Crippen molar-refractivity contribution < 1.29 is 17.9 Å². The van der Waals surface area contributed by atoms with Crippen molar-refractivity contribution >= 4 is 15.9 Å². The summed E-state index contributed by atoms with van der Waals surface area (Å²) in [5.74, 6) is 1.34. The smallest absolute Gasteiger partial charge is 0.304 e. The van der Waals surface area contributed by atoms with E-state index in [2.05, 4.69) is 0 Å². The average molecular weight is 391 g/mol. The second-order valence-corrected chi connectivity index (χ2v) is 8.29. The molecule has 0 bridgehead atoms. The highest BCUT2D eigenvalue weighted by Crippen LogP contribution is 2.33. The maximum absolute atomic E-state index is 13.4. The number of hydrogen-bond donors (Lipinski definition) is 0. The Bertz CT molecular complexity index is 850. The van der Waals surface area contributed by atoms with Gasteiger partial charge in [0.25, 0.3) is 0 Å². The number of anilines is 1. The summed E-state index contributed by atoms with van der Waals surface area (Å²) >= 11 is 0. The van der Waals surface area contributed by atoms with E-state index in [9.17, 15) is 8.42 Å². The first-order chi connectivity index (χ1) is 13.1. The number of fused-ring (bicyclic) bond motifs is 1. The summed E-state index contributed by atoms with van der Waals surface area (Å²) in [5, 5.41) is 0. The zero-order valence-electron chi connectivity index (χ0n) is 15.8. The molecule has 0 fully saturated rings. The van der Waals surface area contributed by atoms with Crippen LogP contribution >= 0.6 is 0 Å². The molecule has 1 aliphatic rings. The van der Waals surface area contributed by atoms with Gasteiger partial charge in [0.05, 0.1) is 12.2 Å². The minimum Gasteiger partial charge on any atom is -0.454 e. The van der Waals surface area contributed by atoms with Gasteiger partial charge in [-0.05, 0) is 42.7 Å². The van der Waals surface area contributed by atoms with Gasteiger partial charge in [-0.25, -0.2) is 0 Å². The molecule has 0 spiro atoms. The Balaban J connectivity index is 1.96. The van der Waals surface area contributed by atoms with E-state index in [-0.39, 0.29) is 13.3 Å². The molecule has 0 aliphatic carbocycles. The van der Waals surface area contributed by atoms with Crippen molar-refractivity contribution in [2.75, 3.05) is 24.2 Å². The Kier molecular flexibility index (Phi) is 6.23. The van der Waals surface area contributed by atoms with Crippen LogP contribution in [0.5, 0.6) is 11.5 Å². The number of ether oxygens (including phenoxy) is 2. The topological polar surface area (TPSA) is 59.1 Å². The van der Waals surface area contributed by atoms with E-state index >= 15 is 0 Å². The van der Waals surface area contributed by atoms with Crippen LogP contribution in [0.4, 0.5) is 5.69 Å². The van der Waals surface area contributed by atoms with Crippen LogP contribution in [-0.2, 0) is 16.8 Å². The molecule has 27 heavy (non-hydrogen) atoms. The van der Waals surface area contributed by atoms with Gasteiger partial charge in [0.1, 0.15) is 0 Å². The Morgan fingerprint density at radius 3 is 2.26 bits per heavy atom. The fourth-order valence-corrected chi connectivity index (χ4v) is 4.89. The van der Waals surface area contributed by atoms with E-state index in [4.69, 9.17) is 9.47 Å². The Hall–Kier alpha value is -2.25. The summed E-state index contributed by atoms with van der Waals surface area (Å²) < 4.78 is 40.7. The highest BCUT2D eigenvalue weighted by molar-refractivity contribution is 7.90. The lowest BCUT2D eigenvalue weighted by atomic mass is 10.2. The van der Waals surface area contributed by atoms with E-state index in [1.165, 1.54) is 4.31 Å². The number of benzene rings is 2. The summed E-state index contributed by atoms with van der Waals surface area (Å²) in [4.78, 5) is 0. The van der Waals surface area contributed by atoms with Crippen LogP contribution in [0.3, 0.4) is 0 Å². The molecule has 1 heterocycles. The van der Waals surface area contributed by atoms with E-state index in [0.29, 0.717) is 30.3 Å². The van der Waals surface area contributed by atoms with Gasteiger partial charge >= 0.3 is 10.2 Å². The summed E-state index contributed by atoms with van der Waals surface area (Å²) in [6.45, 7) is 5.40. The molecule has 0 radical (unpaired) electrons. The fraction of sp³-hybridized carbons (Fsp3) is 0.400. The molecule has 2 aromatic carbocycles. The second-order valence-electron chi connectivity index (χ2n) is 6.44. The van der Waals surface area contributed by atoms with E-state index in [0.717, 1.165) is 18.4 Å². The molecular weight excluding hydrogens is 364 g/mol. The SMILES string of the molecule is CCCN(CCC)S(=O)(=O)N(Cc1ccc2c(c1)OCO2)c1ccccc1. The molecule has 2 aromatic rings. The van der Waals surface area contributed by atoms with Crippen molar-refractivity contribution in [2.45, 2.75) is 33.2 Å². The number of nitrogens with zero attached hydrogens (tertiary/aromatic N) is 2. The van der Waals surface area contributed by atoms with Crippen molar-refractivity contribution in [1.82, 2.24) is 4.31 Å². The van der Waals surface area contributed by atoms with Crippen LogP contribution in [0.15, 0.2) is 48.5 Å². The Morgan fingerprint density at radius 1 is 0.926 bits per heavy atom. The molecule has 0 amide bonds. The summed E-state index contributed by atoms with van der Waals surface area (Å²) in [5.41, 5.74) is 1.49. The van der Waals surface area contributed by atoms with Crippen molar-refractivity contribution in [3.05, 3.63) is 54.1 Å². The highest BCUT2D eigenvalue weighted by atomic mass is 32.2. The minimum absolute atomic E-state index is 0.195. The molecular formula is C20H26N2O4S. The third-order valence-electron chi connectivity index (χ3n) is 4.36. The predicted molar refractivity (Wildman–Crippen MR) is 106 cm³/mol. The average Bonchev–Trinajstić information content (AvgIpc) is 3.14. The molecule has 0 N–H and O–H groups in total. The van der Waals surface area contributed by atoms with Crippen molar-refractivity contribution in [1.29, 1.82) is 0 Å². The molecule has 0 saturated heterocycles. The lowest BCUT2D eigenvalue weighted by Gasteiger charge is -2.31. The molecule has 6 nitrogen and oxygen atoms in total. The molecule has 0 atom stereocenters. The van der Waals surface area contributed by atoms with Gasteiger partial charge in [-0.1, -0.05) is 38.1 Å². The first kappa shape index (κ1) is 19.5. The first-order valence-electron chi connectivity index (χ1n) is 9.27. The highest BCUT2D eigenvalue weighted by Gasteiger charge is 2.29. The lowest BCUT2D eigenvalue weighted by Crippen LogP contribution is -2.44. The first-order valence-corrected chi connectivity index (χ1v) is 10.7. The molecule has 0 aromatic heterocycles. The number of para-hydroxylation sites is 1. The Labute approximate surface area is 161 Å². The largest absolute Gasteiger partial charge is 0.454 e. The minimum atomic E-state index is -3.66. The number of rotatable bonds is 9. The van der Waals surface area contributed by atoms with Crippen LogP contribution < -0.4 is 13.8 Å². The van der Waals surface area contributed by atoms with Crippen molar-refractivity contribution in [2.24, 2.45) is 0 Å². The molecule has 0 saturated carbocycles. The fourth-order valence-electron chi connectivity index (χ4n) is 3.09. The molecule has 0 unspecified atom stereocenters. The third kappa shape index (κ3) is 4.36. The van der Waals surface area contributed by atoms with E-state index in [1.54, 1.807) is 4.31 Å². The maximum Gasteiger partial charge on any atom is 0.304 e. The predicted octanol–water partition coefficient (Wildman–Crippen LogP) is 3.79. The van der Waals surface area contributed by atoms with E-state index in [1.807, 2.05) is 62.4 Å². The van der Waals surface area contributed by atoms with Crippen molar-refractivity contribution in [3.8, 4) is 11.5 Å². The maximum atomic E-state index is 13.4. The molecule has 146 valence electrons. The quantitative estimate of drug-likeness (QED) is 0.654. The van der Waals surface area contributed by atoms with Crippen molar-refractivity contribution in [3.63, 3.8) is 0 Å². The van der Waals surface area contributed by atoms with Gasteiger partial charge in [0.2, 0.25) is 6.79 Å².